The highest BCUT2D eigenvalue weighted by molar-refractivity contribution is 6.42. The molecule has 1 aromatic carbocycles. The Labute approximate surface area is 168 Å². The Morgan fingerprint density at radius 1 is 1.19 bits per heavy atom. The van der Waals surface area contributed by atoms with Gasteiger partial charge in [0.1, 0.15) is 6.61 Å². The first kappa shape index (κ1) is 21.5. The van der Waals surface area contributed by atoms with E-state index in [1.54, 1.807) is 0 Å². The van der Waals surface area contributed by atoms with Crippen LogP contribution < -0.4 is 10.3 Å². The molecular formula is C19H24Cl2N2O4. The first-order chi connectivity index (χ1) is 12.4. The maximum Gasteiger partial charge on any atom is 0.356 e. The summed E-state index contributed by atoms with van der Waals surface area (Å²) in [5.74, 6) is -1.11. The van der Waals surface area contributed by atoms with Gasteiger partial charge in [0, 0.05) is 18.5 Å². The molecule has 0 unspecified atom stereocenters. The molecular weight excluding hydrogens is 391 g/mol. The van der Waals surface area contributed by atoms with E-state index in [-0.39, 0.29) is 45.4 Å². The Balaban J connectivity index is 2.85. The highest BCUT2D eigenvalue weighted by atomic mass is 35.5. The topological polar surface area (TPSA) is 71.8 Å². The molecule has 0 amide bonds. The molecule has 0 aliphatic heterocycles. The van der Waals surface area contributed by atoms with Gasteiger partial charge in [0.15, 0.2) is 11.4 Å². The quantitative estimate of drug-likeness (QED) is 0.773. The summed E-state index contributed by atoms with van der Waals surface area (Å²) in [6.45, 7) is 6.84. The Kier molecular flexibility index (Phi) is 6.45. The molecule has 0 aliphatic rings. The second-order valence-electron chi connectivity index (χ2n) is 7.90. The molecule has 0 radical (unpaired) electrons. The van der Waals surface area contributed by atoms with Crippen molar-refractivity contribution in [2.24, 2.45) is 5.41 Å². The fraction of sp³-hybridized carbons (Fsp3) is 0.474. The molecule has 0 saturated heterocycles. The molecule has 2 rings (SSSR count). The van der Waals surface area contributed by atoms with Crippen molar-refractivity contribution in [3.63, 3.8) is 0 Å². The van der Waals surface area contributed by atoms with Gasteiger partial charge in [-0.1, -0.05) is 44.0 Å². The van der Waals surface area contributed by atoms with Crippen LogP contribution in [-0.2, 0) is 6.54 Å². The largest absolute Gasteiger partial charge is 0.489 e. The summed E-state index contributed by atoms with van der Waals surface area (Å²) in [7, 11) is 3.77. The number of ether oxygens (including phenoxy) is 1. The molecule has 148 valence electrons. The lowest BCUT2D eigenvalue weighted by Gasteiger charge is -2.24. The SMILES string of the molecule is CN(C)CCOc1c(C(=O)O)n(CC(C)(C)C)c(=O)c2cc(Cl)c(Cl)cc12. The van der Waals surface area contributed by atoms with E-state index >= 15 is 0 Å². The third-order valence-electron chi connectivity index (χ3n) is 3.89. The number of hydrogen-bond acceptors (Lipinski definition) is 4. The van der Waals surface area contributed by atoms with Crippen LogP contribution >= 0.6 is 23.2 Å². The standard InChI is InChI=1S/C19H24Cl2N2O4/c1-19(2,3)10-23-15(18(25)26)16(27-7-6-22(4)5)11-8-13(20)14(21)9-12(11)17(23)24/h8-9H,6-7,10H2,1-5H3,(H,25,26). The van der Waals surface area contributed by atoms with E-state index in [4.69, 9.17) is 27.9 Å². The Hall–Kier alpha value is -1.76. The van der Waals surface area contributed by atoms with Gasteiger partial charge in [-0.3, -0.25) is 9.36 Å². The van der Waals surface area contributed by atoms with Crippen molar-refractivity contribution < 1.29 is 14.6 Å². The van der Waals surface area contributed by atoms with Crippen LogP contribution in [0.2, 0.25) is 10.0 Å². The van der Waals surface area contributed by atoms with Crippen LogP contribution in [0, 0.1) is 5.41 Å². The monoisotopic (exact) mass is 414 g/mol. The summed E-state index contributed by atoms with van der Waals surface area (Å²) in [5.41, 5.74) is -0.936. The fourth-order valence-electron chi connectivity index (χ4n) is 2.72. The molecule has 0 fully saturated rings. The van der Waals surface area contributed by atoms with E-state index in [9.17, 15) is 14.7 Å². The van der Waals surface area contributed by atoms with Crippen LogP contribution in [0.5, 0.6) is 5.75 Å². The lowest BCUT2D eigenvalue weighted by atomic mass is 9.96. The lowest BCUT2D eigenvalue weighted by Crippen LogP contribution is -2.32. The van der Waals surface area contributed by atoms with Gasteiger partial charge in [-0.25, -0.2) is 4.79 Å². The number of carboxylic acid groups (broad SMARTS) is 1. The van der Waals surface area contributed by atoms with E-state index in [1.165, 1.54) is 16.7 Å². The second-order valence-corrected chi connectivity index (χ2v) is 8.71. The maximum absolute atomic E-state index is 13.1. The summed E-state index contributed by atoms with van der Waals surface area (Å²) in [6.07, 6.45) is 0. The molecule has 6 nitrogen and oxygen atoms in total. The van der Waals surface area contributed by atoms with Crippen molar-refractivity contribution in [2.75, 3.05) is 27.2 Å². The van der Waals surface area contributed by atoms with Crippen LogP contribution in [-0.4, -0.2) is 47.8 Å². The second kappa shape index (κ2) is 8.09. The number of benzene rings is 1. The van der Waals surface area contributed by atoms with Gasteiger partial charge < -0.3 is 14.7 Å². The maximum atomic E-state index is 13.1. The average Bonchev–Trinajstić information content (AvgIpc) is 2.51. The normalized spacial score (nSPS) is 12.0. The lowest BCUT2D eigenvalue weighted by molar-refractivity contribution is 0.0675. The van der Waals surface area contributed by atoms with Gasteiger partial charge in [-0.05, 0) is 31.6 Å². The summed E-state index contributed by atoms with van der Waals surface area (Å²) >= 11 is 12.2. The van der Waals surface area contributed by atoms with E-state index in [2.05, 4.69) is 0 Å². The Morgan fingerprint density at radius 3 is 2.22 bits per heavy atom. The van der Waals surface area contributed by atoms with Crippen LogP contribution in [0.4, 0.5) is 0 Å². The number of halogens is 2. The van der Waals surface area contributed by atoms with Crippen molar-refractivity contribution in [3.8, 4) is 5.75 Å². The molecule has 0 saturated carbocycles. The molecule has 0 spiro atoms. The molecule has 1 N–H and O–H groups in total. The van der Waals surface area contributed by atoms with Crippen molar-refractivity contribution in [2.45, 2.75) is 27.3 Å². The number of fused-ring (bicyclic) bond motifs is 1. The summed E-state index contributed by atoms with van der Waals surface area (Å²) in [5, 5.41) is 10.9. The third kappa shape index (κ3) is 4.94. The van der Waals surface area contributed by atoms with Crippen molar-refractivity contribution in [3.05, 3.63) is 38.2 Å². The number of nitrogens with zero attached hydrogens (tertiary/aromatic N) is 2. The van der Waals surface area contributed by atoms with Gasteiger partial charge in [0.25, 0.3) is 5.56 Å². The molecule has 0 atom stereocenters. The number of carboxylic acids is 1. The van der Waals surface area contributed by atoms with E-state index < -0.39 is 11.5 Å². The number of pyridine rings is 1. The van der Waals surface area contributed by atoms with Crippen LogP contribution in [0.1, 0.15) is 31.3 Å². The van der Waals surface area contributed by atoms with Gasteiger partial charge in [-0.2, -0.15) is 0 Å². The van der Waals surface area contributed by atoms with Gasteiger partial charge in [0.2, 0.25) is 0 Å². The Morgan fingerprint density at radius 2 is 1.74 bits per heavy atom. The molecule has 1 heterocycles. The molecule has 8 heteroatoms. The molecule has 1 aromatic heterocycles. The van der Waals surface area contributed by atoms with Crippen LogP contribution in [0.3, 0.4) is 0 Å². The number of hydrogen-bond donors (Lipinski definition) is 1. The number of likely N-dealkylation sites (N-methyl/N-ethyl adjacent to an activating group) is 1. The molecule has 0 aliphatic carbocycles. The number of aromatic nitrogens is 1. The predicted octanol–water partition coefficient (Wildman–Crippen LogP) is 3.99. The zero-order valence-electron chi connectivity index (χ0n) is 16.1. The average molecular weight is 415 g/mol. The van der Waals surface area contributed by atoms with Gasteiger partial charge in [0.05, 0.1) is 15.4 Å². The van der Waals surface area contributed by atoms with E-state index in [1.807, 2.05) is 39.8 Å². The highest BCUT2D eigenvalue weighted by Gasteiger charge is 2.26. The molecule has 27 heavy (non-hydrogen) atoms. The zero-order chi connectivity index (χ0) is 20.5. The van der Waals surface area contributed by atoms with E-state index in [0.29, 0.717) is 11.9 Å². The number of rotatable bonds is 6. The minimum atomic E-state index is -1.23. The van der Waals surface area contributed by atoms with Gasteiger partial charge in [-0.15, -0.1) is 0 Å². The van der Waals surface area contributed by atoms with Crippen molar-refractivity contribution in [1.29, 1.82) is 0 Å². The number of aromatic carboxylic acids is 1. The molecule has 2 aromatic rings. The van der Waals surface area contributed by atoms with Crippen LogP contribution in [0.15, 0.2) is 16.9 Å². The van der Waals surface area contributed by atoms with Gasteiger partial charge >= 0.3 is 5.97 Å². The zero-order valence-corrected chi connectivity index (χ0v) is 17.6. The summed E-state index contributed by atoms with van der Waals surface area (Å²) in [4.78, 5) is 27.0. The smallest absolute Gasteiger partial charge is 0.356 e. The fourth-order valence-corrected chi connectivity index (χ4v) is 3.05. The van der Waals surface area contributed by atoms with E-state index in [0.717, 1.165) is 0 Å². The minimum absolute atomic E-state index is 0.127. The minimum Gasteiger partial charge on any atom is -0.489 e. The first-order valence-corrected chi connectivity index (χ1v) is 9.24. The van der Waals surface area contributed by atoms with Crippen molar-refractivity contribution >= 4 is 39.9 Å². The number of carbonyl (C=O) groups is 1. The summed E-state index contributed by atoms with van der Waals surface area (Å²) in [6, 6.07) is 2.95. The third-order valence-corrected chi connectivity index (χ3v) is 4.61. The first-order valence-electron chi connectivity index (χ1n) is 8.48. The Bertz CT molecular complexity index is 930. The molecule has 0 bridgehead atoms. The van der Waals surface area contributed by atoms with Crippen molar-refractivity contribution in [1.82, 2.24) is 9.47 Å². The highest BCUT2D eigenvalue weighted by Crippen LogP contribution is 2.34. The van der Waals surface area contributed by atoms with Crippen LogP contribution in [0.25, 0.3) is 10.8 Å². The predicted molar refractivity (Wildman–Crippen MR) is 109 cm³/mol. The summed E-state index contributed by atoms with van der Waals surface area (Å²) < 4.78 is 7.09.